The molecule has 0 aliphatic rings. The summed E-state index contributed by atoms with van der Waals surface area (Å²) in [6.45, 7) is 5.80. The van der Waals surface area contributed by atoms with Crippen molar-refractivity contribution in [1.82, 2.24) is 0 Å². The van der Waals surface area contributed by atoms with Crippen molar-refractivity contribution in [3.63, 3.8) is 0 Å². The van der Waals surface area contributed by atoms with Crippen molar-refractivity contribution in [2.75, 3.05) is 6.54 Å². The second kappa shape index (κ2) is 4.67. The van der Waals surface area contributed by atoms with Crippen LogP contribution in [0.3, 0.4) is 0 Å². The van der Waals surface area contributed by atoms with Gasteiger partial charge in [-0.2, -0.15) is 0 Å². The molecule has 1 unspecified atom stereocenters. The minimum Gasteiger partial charge on any atom is -0.459 e. The fourth-order valence-electron chi connectivity index (χ4n) is 0.630. The van der Waals surface area contributed by atoms with Crippen molar-refractivity contribution < 1.29 is 9.53 Å². The van der Waals surface area contributed by atoms with Gasteiger partial charge in [0.15, 0.2) is 0 Å². The SMILES string of the molecule is CC(C)(C)OC(=O)C(Cl)CCN. The van der Waals surface area contributed by atoms with Crippen LogP contribution in [0.4, 0.5) is 0 Å². The van der Waals surface area contributed by atoms with Crippen LogP contribution < -0.4 is 5.73 Å². The van der Waals surface area contributed by atoms with Crippen LogP contribution >= 0.6 is 11.6 Å². The number of esters is 1. The number of ether oxygens (including phenoxy) is 1. The molecule has 0 aliphatic heterocycles. The molecule has 0 radical (unpaired) electrons. The van der Waals surface area contributed by atoms with Gasteiger partial charge in [-0.3, -0.25) is 4.79 Å². The molecule has 0 aromatic carbocycles. The first-order valence-corrected chi connectivity index (χ1v) is 4.37. The highest BCUT2D eigenvalue weighted by molar-refractivity contribution is 6.29. The Balaban J connectivity index is 3.87. The van der Waals surface area contributed by atoms with E-state index in [4.69, 9.17) is 22.1 Å². The van der Waals surface area contributed by atoms with E-state index < -0.39 is 16.9 Å². The zero-order valence-electron chi connectivity index (χ0n) is 7.76. The first kappa shape index (κ1) is 11.7. The van der Waals surface area contributed by atoms with Crippen molar-refractivity contribution in [2.24, 2.45) is 5.73 Å². The summed E-state index contributed by atoms with van der Waals surface area (Å²) < 4.78 is 5.03. The predicted molar refractivity (Wildman–Crippen MR) is 49.2 cm³/mol. The van der Waals surface area contributed by atoms with Gasteiger partial charge in [0.25, 0.3) is 0 Å². The molecule has 1 atom stereocenters. The van der Waals surface area contributed by atoms with E-state index in [9.17, 15) is 4.79 Å². The Labute approximate surface area is 78.2 Å². The minimum absolute atomic E-state index is 0.394. The lowest BCUT2D eigenvalue weighted by atomic mass is 10.2. The predicted octanol–water partition coefficient (Wildman–Crippen LogP) is 1.28. The molecule has 2 N–H and O–H groups in total. The lowest BCUT2D eigenvalue weighted by Gasteiger charge is -2.21. The average molecular weight is 194 g/mol. The maximum atomic E-state index is 11.1. The molecular formula is C8H16ClNO2. The maximum absolute atomic E-state index is 11.1. The van der Waals surface area contributed by atoms with E-state index in [0.717, 1.165) is 0 Å². The number of hydrogen-bond acceptors (Lipinski definition) is 3. The van der Waals surface area contributed by atoms with E-state index in [1.807, 2.05) is 0 Å². The monoisotopic (exact) mass is 193 g/mol. The smallest absolute Gasteiger partial charge is 0.324 e. The van der Waals surface area contributed by atoms with E-state index in [-0.39, 0.29) is 0 Å². The van der Waals surface area contributed by atoms with Gasteiger partial charge >= 0.3 is 5.97 Å². The van der Waals surface area contributed by atoms with Crippen LogP contribution in [0, 0.1) is 0 Å². The summed E-state index contributed by atoms with van der Waals surface area (Å²) in [7, 11) is 0. The molecule has 0 spiro atoms. The molecular weight excluding hydrogens is 178 g/mol. The fourth-order valence-corrected chi connectivity index (χ4v) is 0.800. The Morgan fingerprint density at radius 3 is 2.42 bits per heavy atom. The van der Waals surface area contributed by atoms with Crippen LogP contribution in [0.15, 0.2) is 0 Å². The van der Waals surface area contributed by atoms with Gasteiger partial charge in [0, 0.05) is 0 Å². The quantitative estimate of drug-likeness (QED) is 0.543. The summed E-state index contributed by atoms with van der Waals surface area (Å²) in [6.07, 6.45) is 0.455. The summed E-state index contributed by atoms with van der Waals surface area (Å²) in [6, 6.07) is 0. The number of hydrogen-bond donors (Lipinski definition) is 1. The molecule has 0 heterocycles. The van der Waals surface area contributed by atoms with Gasteiger partial charge in [0.2, 0.25) is 0 Å². The third-order valence-corrected chi connectivity index (χ3v) is 1.48. The Kier molecular flexibility index (Phi) is 4.57. The summed E-state index contributed by atoms with van der Waals surface area (Å²) >= 11 is 5.68. The summed E-state index contributed by atoms with van der Waals surface area (Å²) in [4.78, 5) is 11.1. The van der Waals surface area contributed by atoms with Crippen molar-refractivity contribution in [2.45, 2.75) is 38.2 Å². The topological polar surface area (TPSA) is 52.3 Å². The number of carbonyl (C=O) groups excluding carboxylic acids is 1. The van der Waals surface area contributed by atoms with Gasteiger partial charge in [-0.25, -0.2) is 0 Å². The van der Waals surface area contributed by atoms with Gasteiger partial charge in [0.05, 0.1) is 0 Å². The summed E-state index contributed by atoms with van der Waals surface area (Å²) in [5.41, 5.74) is 4.77. The lowest BCUT2D eigenvalue weighted by Crippen LogP contribution is -2.30. The highest BCUT2D eigenvalue weighted by atomic mass is 35.5. The van der Waals surface area contributed by atoms with Crippen molar-refractivity contribution in [3.8, 4) is 0 Å². The average Bonchev–Trinajstić information content (AvgIpc) is 1.84. The zero-order chi connectivity index (χ0) is 9.78. The molecule has 0 amide bonds. The largest absolute Gasteiger partial charge is 0.459 e. The standard InChI is InChI=1S/C8H16ClNO2/c1-8(2,3)12-7(11)6(9)4-5-10/h6H,4-5,10H2,1-3H3. The molecule has 12 heavy (non-hydrogen) atoms. The number of halogens is 1. The highest BCUT2D eigenvalue weighted by Gasteiger charge is 2.22. The molecule has 72 valence electrons. The van der Waals surface area contributed by atoms with E-state index in [1.54, 1.807) is 20.8 Å². The second-order valence-corrected chi connectivity index (χ2v) is 4.11. The Morgan fingerprint density at radius 2 is 2.08 bits per heavy atom. The number of carbonyl (C=O) groups is 1. The Morgan fingerprint density at radius 1 is 1.58 bits per heavy atom. The maximum Gasteiger partial charge on any atom is 0.324 e. The van der Waals surface area contributed by atoms with Gasteiger partial charge in [-0.1, -0.05) is 0 Å². The molecule has 3 nitrogen and oxygen atoms in total. The molecule has 0 aliphatic carbocycles. The molecule has 4 heteroatoms. The zero-order valence-corrected chi connectivity index (χ0v) is 8.52. The Bertz CT molecular complexity index is 154. The Hall–Kier alpha value is -0.280. The van der Waals surface area contributed by atoms with Crippen molar-refractivity contribution in [3.05, 3.63) is 0 Å². The third-order valence-electron chi connectivity index (χ3n) is 1.08. The second-order valence-electron chi connectivity index (χ2n) is 3.58. The van der Waals surface area contributed by atoms with Crippen molar-refractivity contribution >= 4 is 17.6 Å². The van der Waals surface area contributed by atoms with E-state index >= 15 is 0 Å². The number of rotatable bonds is 3. The van der Waals surface area contributed by atoms with Crippen LogP contribution in [0.25, 0.3) is 0 Å². The molecule has 0 saturated carbocycles. The lowest BCUT2D eigenvalue weighted by molar-refractivity contribution is -0.154. The van der Waals surface area contributed by atoms with Crippen LogP contribution in [-0.4, -0.2) is 23.5 Å². The van der Waals surface area contributed by atoms with Crippen LogP contribution in [0.2, 0.25) is 0 Å². The third kappa shape index (κ3) is 5.38. The van der Waals surface area contributed by atoms with E-state index in [0.29, 0.717) is 13.0 Å². The van der Waals surface area contributed by atoms with Gasteiger partial charge in [-0.15, -0.1) is 11.6 Å². The first-order chi connectivity index (χ1) is 5.37. The van der Waals surface area contributed by atoms with Crippen LogP contribution in [0.5, 0.6) is 0 Å². The van der Waals surface area contributed by atoms with Gasteiger partial charge in [-0.05, 0) is 33.7 Å². The van der Waals surface area contributed by atoms with Crippen LogP contribution in [0.1, 0.15) is 27.2 Å². The van der Waals surface area contributed by atoms with E-state index in [2.05, 4.69) is 0 Å². The summed E-state index contributed by atoms with van der Waals surface area (Å²) in [5.74, 6) is -0.394. The molecule has 0 saturated heterocycles. The molecule has 0 fully saturated rings. The first-order valence-electron chi connectivity index (χ1n) is 3.94. The summed E-state index contributed by atoms with van der Waals surface area (Å²) in [5, 5.41) is -0.616. The minimum atomic E-state index is -0.616. The van der Waals surface area contributed by atoms with Crippen LogP contribution in [-0.2, 0) is 9.53 Å². The van der Waals surface area contributed by atoms with E-state index in [1.165, 1.54) is 0 Å². The molecule has 0 aromatic heterocycles. The normalized spacial score (nSPS) is 14.1. The fraction of sp³-hybridized carbons (Fsp3) is 0.875. The van der Waals surface area contributed by atoms with Gasteiger partial charge < -0.3 is 10.5 Å². The molecule has 0 aromatic rings. The number of nitrogens with two attached hydrogens (primary N) is 1. The molecule has 0 bridgehead atoms. The molecule has 0 rings (SSSR count). The number of alkyl halides is 1. The van der Waals surface area contributed by atoms with Gasteiger partial charge in [0.1, 0.15) is 11.0 Å². The highest BCUT2D eigenvalue weighted by Crippen LogP contribution is 2.12. The van der Waals surface area contributed by atoms with Crippen molar-refractivity contribution in [1.29, 1.82) is 0 Å².